The van der Waals surface area contributed by atoms with E-state index in [4.69, 9.17) is 4.74 Å². The molecule has 2 aromatic rings. The van der Waals surface area contributed by atoms with E-state index in [2.05, 4.69) is 0 Å². The van der Waals surface area contributed by atoms with Gasteiger partial charge < -0.3 is 4.74 Å². The maximum absolute atomic E-state index is 13.3. The van der Waals surface area contributed by atoms with E-state index in [1.807, 2.05) is 29.5 Å². The zero-order valence-electron chi connectivity index (χ0n) is 14.8. The summed E-state index contributed by atoms with van der Waals surface area (Å²) < 4.78 is 33.2. The zero-order valence-corrected chi connectivity index (χ0v) is 17.7. The van der Waals surface area contributed by atoms with Gasteiger partial charge in [-0.15, -0.1) is 0 Å². The number of methoxy groups -OCH3 is 1. The van der Waals surface area contributed by atoms with Gasteiger partial charge in [0.15, 0.2) is 0 Å². The average molecular weight is 473 g/mol. The second-order valence-corrected chi connectivity index (χ2v) is 8.72. The molecule has 0 heterocycles. The Labute approximate surface area is 162 Å². The Kier molecular flexibility index (Phi) is 5.78. The van der Waals surface area contributed by atoms with Gasteiger partial charge in [0.1, 0.15) is 5.75 Å². The van der Waals surface area contributed by atoms with Gasteiger partial charge >= 0.3 is 0 Å². The average Bonchev–Trinajstić information content (AvgIpc) is 2.47. The van der Waals surface area contributed by atoms with E-state index in [0.29, 0.717) is 26.1 Å². The van der Waals surface area contributed by atoms with Gasteiger partial charge in [-0.3, -0.25) is 4.79 Å². The van der Waals surface area contributed by atoms with E-state index < -0.39 is 15.9 Å². The summed E-state index contributed by atoms with van der Waals surface area (Å²) in [6, 6.07) is 8.51. The molecule has 0 N–H and O–H groups in total. The molecule has 0 aliphatic heterocycles. The lowest BCUT2D eigenvalue weighted by molar-refractivity contribution is -0.115. The molecular weight excluding hydrogens is 453 g/mol. The minimum atomic E-state index is -4.04. The third-order valence-corrected chi connectivity index (χ3v) is 6.72. The summed E-state index contributed by atoms with van der Waals surface area (Å²) in [7, 11) is -2.50. The lowest BCUT2D eigenvalue weighted by atomic mass is 10.1. The fourth-order valence-electron chi connectivity index (χ4n) is 2.91. The van der Waals surface area contributed by atoms with Crippen LogP contribution >= 0.6 is 22.6 Å². The summed E-state index contributed by atoms with van der Waals surface area (Å²) in [6.45, 7) is 6.64. The SMILES string of the molecule is COc1ccc(N(C(C)=O)S(=O)(=O)c2c(C)cc(C)cc2C)c(I)c1. The normalized spacial score (nSPS) is 11.3. The maximum atomic E-state index is 13.3. The Bertz CT molecular complexity index is 915. The first-order chi connectivity index (χ1) is 11.6. The summed E-state index contributed by atoms with van der Waals surface area (Å²) in [5.41, 5.74) is 2.52. The molecule has 0 aromatic heterocycles. The van der Waals surface area contributed by atoms with Crippen molar-refractivity contribution >= 4 is 44.2 Å². The molecule has 0 bridgehead atoms. The number of rotatable bonds is 4. The first-order valence-corrected chi connectivity index (χ1v) is 10.1. The summed E-state index contributed by atoms with van der Waals surface area (Å²) in [5, 5.41) is 0. The van der Waals surface area contributed by atoms with Gasteiger partial charge in [0.2, 0.25) is 5.91 Å². The summed E-state index contributed by atoms with van der Waals surface area (Å²) in [6.07, 6.45) is 0. The van der Waals surface area contributed by atoms with Crippen LogP contribution in [0.3, 0.4) is 0 Å². The minimum Gasteiger partial charge on any atom is -0.497 e. The standard InChI is InChI=1S/C18H20INO4S/c1-11-8-12(2)18(13(3)9-11)25(22,23)20(14(4)21)17-7-6-15(24-5)10-16(17)19/h6-10H,1-5H3. The predicted molar refractivity (Wildman–Crippen MR) is 107 cm³/mol. The molecule has 2 aromatic carbocycles. The Hall–Kier alpha value is -1.61. The number of aryl methyl sites for hydroxylation is 3. The molecule has 1 amide bonds. The number of anilines is 1. The lowest BCUT2D eigenvalue weighted by Crippen LogP contribution is -2.36. The molecule has 0 aliphatic carbocycles. The smallest absolute Gasteiger partial charge is 0.271 e. The van der Waals surface area contributed by atoms with Crippen molar-refractivity contribution in [1.82, 2.24) is 0 Å². The first kappa shape index (κ1) is 19.7. The van der Waals surface area contributed by atoms with Crippen LogP contribution in [0.1, 0.15) is 23.6 Å². The van der Waals surface area contributed by atoms with Crippen molar-refractivity contribution in [2.45, 2.75) is 32.6 Å². The Balaban J connectivity index is 2.71. The second kappa shape index (κ2) is 7.33. The highest BCUT2D eigenvalue weighted by atomic mass is 127. The van der Waals surface area contributed by atoms with Gasteiger partial charge in [-0.1, -0.05) is 17.7 Å². The van der Waals surface area contributed by atoms with E-state index in [9.17, 15) is 13.2 Å². The van der Waals surface area contributed by atoms with Crippen LogP contribution in [0.4, 0.5) is 5.69 Å². The number of hydrogen-bond acceptors (Lipinski definition) is 4. The third kappa shape index (κ3) is 3.82. The monoisotopic (exact) mass is 473 g/mol. The number of nitrogens with zero attached hydrogens (tertiary/aromatic N) is 1. The number of sulfonamides is 1. The summed E-state index contributed by atoms with van der Waals surface area (Å²) >= 11 is 2.00. The number of amides is 1. The Morgan fingerprint density at radius 2 is 1.64 bits per heavy atom. The molecule has 0 atom stereocenters. The van der Waals surface area contributed by atoms with Crippen molar-refractivity contribution in [2.75, 3.05) is 11.4 Å². The van der Waals surface area contributed by atoms with Gasteiger partial charge in [0.05, 0.1) is 17.7 Å². The van der Waals surface area contributed by atoms with Crippen LogP contribution in [-0.4, -0.2) is 21.4 Å². The Morgan fingerprint density at radius 3 is 2.08 bits per heavy atom. The third-order valence-electron chi connectivity index (χ3n) is 3.76. The van der Waals surface area contributed by atoms with Crippen LogP contribution in [0.5, 0.6) is 5.75 Å². The topological polar surface area (TPSA) is 63.7 Å². The molecule has 2 rings (SSSR count). The molecule has 7 heteroatoms. The van der Waals surface area contributed by atoms with Crippen molar-refractivity contribution in [3.05, 3.63) is 50.6 Å². The van der Waals surface area contributed by atoms with Gasteiger partial charge in [0.25, 0.3) is 10.0 Å². The molecule has 134 valence electrons. The largest absolute Gasteiger partial charge is 0.497 e. The highest BCUT2D eigenvalue weighted by molar-refractivity contribution is 14.1. The van der Waals surface area contributed by atoms with Crippen LogP contribution in [0, 0.1) is 24.3 Å². The van der Waals surface area contributed by atoms with E-state index in [0.717, 1.165) is 9.87 Å². The van der Waals surface area contributed by atoms with Gasteiger partial charge in [-0.2, -0.15) is 0 Å². The van der Waals surface area contributed by atoms with Crippen molar-refractivity contribution in [1.29, 1.82) is 0 Å². The van der Waals surface area contributed by atoms with Crippen LogP contribution < -0.4 is 9.04 Å². The fourth-order valence-corrected chi connectivity index (χ4v) is 5.68. The van der Waals surface area contributed by atoms with E-state index in [1.54, 1.807) is 44.2 Å². The molecule has 0 aliphatic rings. The first-order valence-electron chi connectivity index (χ1n) is 7.57. The maximum Gasteiger partial charge on any atom is 0.271 e. The van der Waals surface area contributed by atoms with E-state index in [-0.39, 0.29) is 4.90 Å². The number of halogens is 1. The number of hydrogen-bond donors (Lipinski definition) is 0. The lowest BCUT2D eigenvalue weighted by Gasteiger charge is -2.24. The van der Waals surface area contributed by atoms with Crippen molar-refractivity contribution in [3.8, 4) is 5.75 Å². The molecule has 0 fully saturated rings. The van der Waals surface area contributed by atoms with Crippen LogP contribution in [0.25, 0.3) is 0 Å². The molecule has 0 saturated carbocycles. The van der Waals surface area contributed by atoms with Crippen LogP contribution in [0.2, 0.25) is 0 Å². The highest BCUT2D eigenvalue weighted by Gasteiger charge is 2.32. The van der Waals surface area contributed by atoms with Gasteiger partial charge in [0, 0.05) is 10.5 Å². The summed E-state index contributed by atoms with van der Waals surface area (Å²) in [5.74, 6) is 0.0270. The molecule has 25 heavy (non-hydrogen) atoms. The zero-order chi connectivity index (χ0) is 18.9. The number of carbonyl (C=O) groups excluding carboxylic acids is 1. The van der Waals surface area contributed by atoms with Crippen molar-refractivity contribution < 1.29 is 17.9 Å². The van der Waals surface area contributed by atoms with Gasteiger partial charge in [-0.05, 0) is 72.7 Å². The fraction of sp³-hybridized carbons (Fsp3) is 0.278. The number of benzene rings is 2. The Morgan fingerprint density at radius 1 is 1.08 bits per heavy atom. The quantitative estimate of drug-likeness (QED) is 0.631. The van der Waals surface area contributed by atoms with E-state index in [1.165, 1.54) is 14.0 Å². The molecule has 0 saturated heterocycles. The molecular formula is C18H20INO4S. The predicted octanol–water partition coefficient (Wildman–Crippen LogP) is 3.97. The molecule has 5 nitrogen and oxygen atoms in total. The second-order valence-electron chi connectivity index (χ2n) is 5.83. The number of carbonyl (C=O) groups is 1. The summed E-state index contributed by atoms with van der Waals surface area (Å²) in [4.78, 5) is 12.4. The molecule has 0 unspecified atom stereocenters. The van der Waals surface area contributed by atoms with Crippen molar-refractivity contribution in [2.24, 2.45) is 0 Å². The van der Waals surface area contributed by atoms with Crippen molar-refractivity contribution in [3.63, 3.8) is 0 Å². The molecule has 0 radical (unpaired) electrons. The number of ether oxygens (including phenoxy) is 1. The minimum absolute atomic E-state index is 0.167. The highest BCUT2D eigenvalue weighted by Crippen LogP contribution is 2.33. The van der Waals surface area contributed by atoms with Gasteiger partial charge in [-0.25, -0.2) is 12.7 Å². The molecule has 0 spiro atoms. The van der Waals surface area contributed by atoms with Crippen LogP contribution in [-0.2, 0) is 14.8 Å². The van der Waals surface area contributed by atoms with Crippen LogP contribution in [0.15, 0.2) is 35.2 Å². The van der Waals surface area contributed by atoms with E-state index >= 15 is 0 Å².